The van der Waals surface area contributed by atoms with Crippen LogP contribution in [0.5, 0.6) is 5.75 Å². The van der Waals surface area contributed by atoms with Crippen LogP contribution in [0.15, 0.2) is 46.7 Å². The number of imidazole rings is 1. The summed E-state index contributed by atoms with van der Waals surface area (Å²) in [5.41, 5.74) is 4.01. The molecule has 5 aromatic rings. The summed E-state index contributed by atoms with van der Waals surface area (Å²) in [5.74, 6) is -0.736. The van der Waals surface area contributed by atoms with Crippen LogP contribution >= 0.6 is 11.3 Å². The molecule has 0 amide bonds. The van der Waals surface area contributed by atoms with Gasteiger partial charge in [-0.3, -0.25) is 4.79 Å². The minimum Gasteiger partial charge on any atom is -0.497 e. The zero-order valence-electron chi connectivity index (χ0n) is 16.6. The molecule has 2 aromatic carbocycles. The van der Waals surface area contributed by atoms with Crippen molar-refractivity contribution in [3.05, 3.63) is 75.2 Å². The van der Waals surface area contributed by atoms with Gasteiger partial charge in [-0.1, -0.05) is 0 Å². The first-order valence-electron chi connectivity index (χ1n) is 9.41. The summed E-state index contributed by atoms with van der Waals surface area (Å²) in [6, 6.07) is 9.48. The Hall–Kier alpha value is -3.59. The number of fused-ring (bicyclic) bond motifs is 2. The van der Waals surface area contributed by atoms with Gasteiger partial charge in [0.2, 0.25) is 5.56 Å². The fraction of sp³-hybridized carbons (Fsp3) is 0.136. The number of pyridine rings is 1. The smallest absolute Gasteiger partial charge is 0.248 e. The normalized spacial score (nSPS) is 11.5. The first-order valence-corrected chi connectivity index (χ1v) is 10.3. The maximum Gasteiger partial charge on any atom is 0.248 e. The molecule has 6 nitrogen and oxygen atoms in total. The number of benzene rings is 2. The molecule has 31 heavy (non-hydrogen) atoms. The van der Waals surface area contributed by atoms with E-state index in [0.717, 1.165) is 22.2 Å². The number of thiazole rings is 1. The zero-order chi connectivity index (χ0) is 21.7. The molecular weight excluding hydrogens is 422 g/mol. The first-order chi connectivity index (χ1) is 15.0. The van der Waals surface area contributed by atoms with Crippen LogP contribution in [0.4, 0.5) is 8.78 Å². The van der Waals surface area contributed by atoms with Crippen LogP contribution in [-0.2, 0) is 6.54 Å². The van der Waals surface area contributed by atoms with Crippen LogP contribution in [0.2, 0.25) is 0 Å². The predicted molar refractivity (Wildman–Crippen MR) is 116 cm³/mol. The number of hydrogen-bond donors (Lipinski definition) is 1. The van der Waals surface area contributed by atoms with Crippen molar-refractivity contribution in [2.75, 3.05) is 7.11 Å². The SMILES string of the molecule is COc1ccc2c(c1)nc(-c1scnc1C)n2Cc1cc(=O)[nH]c2c(F)c(F)ccc12. The Morgan fingerprint density at radius 3 is 2.77 bits per heavy atom. The van der Waals surface area contributed by atoms with E-state index in [1.54, 1.807) is 12.6 Å². The van der Waals surface area contributed by atoms with Gasteiger partial charge in [0, 0.05) is 17.5 Å². The summed E-state index contributed by atoms with van der Waals surface area (Å²) >= 11 is 1.46. The third-order valence-electron chi connectivity index (χ3n) is 5.23. The van der Waals surface area contributed by atoms with Gasteiger partial charge in [-0.25, -0.2) is 18.7 Å². The average Bonchev–Trinajstić information content (AvgIpc) is 3.33. The third-order valence-corrected chi connectivity index (χ3v) is 6.15. The molecular formula is C22H16F2N4O2S. The lowest BCUT2D eigenvalue weighted by Crippen LogP contribution is -2.11. The number of nitrogens with one attached hydrogen (secondary N) is 1. The molecule has 1 N–H and O–H groups in total. The Balaban J connectivity index is 1.77. The maximum atomic E-state index is 14.3. The number of aromatic amines is 1. The van der Waals surface area contributed by atoms with Crippen molar-refractivity contribution in [3.8, 4) is 16.5 Å². The number of aromatic nitrogens is 4. The van der Waals surface area contributed by atoms with E-state index in [2.05, 4.69) is 9.97 Å². The van der Waals surface area contributed by atoms with E-state index in [0.29, 0.717) is 28.0 Å². The largest absolute Gasteiger partial charge is 0.497 e. The molecule has 0 bridgehead atoms. The lowest BCUT2D eigenvalue weighted by molar-refractivity contribution is 0.415. The van der Waals surface area contributed by atoms with Gasteiger partial charge in [-0.2, -0.15) is 0 Å². The number of methoxy groups -OCH3 is 1. The second kappa shape index (κ2) is 7.28. The fourth-order valence-electron chi connectivity index (χ4n) is 3.72. The number of ether oxygens (including phenoxy) is 1. The number of hydrogen-bond acceptors (Lipinski definition) is 5. The molecule has 0 aliphatic heterocycles. The average molecular weight is 438 g/mol. The number of rotatable bonds is 4. The summed E-state index contributed by atoms with van der Waals surface area (Å²) in [4.78, 5) is 24.6. The van der Waals surface area contributed by atoms with Crippen LogP contribution in [0.25, 0.3) is 32.6 Å². The summed E-state index contributed by atoms with van der Waals surface area (Å²) < 4.78 is 35.3. The molecule has 0 aliphatic carbocycles. The summed E-state index contributed by atoms with van der Waals surface area (Å²) in [6.07, 6.45) is 0. The summed E-state index contributed by atoms with van der Waals surface area (Å²) in [7, 11) is 1.59. The van der Waals surface area contributed by atoms with Crippen molar-refractivity contribution >= 4 is 33.3 Å². The van der Waals surface area contributed by atoms with E-state index in [4.69, 9.17) is 9.72 Å². The predicted octanol–water partition coefficient (Wildman–Crippen LogP) is 4.64. The molecule has 0 atom stereocenters. The van der Waals surface area contributed by atoms with Crippen molar-refractivity contribution < 1.29 is 13.5 Å². The summed E-state index contributed by atoms with van der Waals surface area (Å²) in [5, 5.41) is 0.431. The van der Waals surface area contributed by atoms with Gasteiger partial charge < -0.3 is 14.3 Å². The van der Waals surface area contributed by atoms with Gasteiger partial charge >= 0.3 is 0 Å². The molecule has 0 aliphatic rings. The number of aryl methyl sites for hydroxylation is 1. The second-order valence-corrected chi connectivity index (χ2v) is 7.94. The van der Waals surface area contributed by atoms with Crippen molar-refractivity contribution in [1.29, 1.82) is 0 Å². The molecule has 156 valence electrons. The molecule has 0 spiro atoms. The van der Waals surface area contributed by atoms with E-state index in [-0.39, 0.29) is 12.1 Å². The van der Waals surface area contributed by atoms with Crippen molar-refractivity contribution in [2.24, 2.45) is 0 Å². The second-order valence-electron chi connectivity index (χ2n) is 7.09. The van der Waals surface area contributed by atoms with Gasteiger partial charge in [0.15, 0.2) is 17.5 Å². The topological polar surface area (TPSA) is 72.8 Å². The van der Waals surface area contributed by atoms with Crippen LogP contribution < -0.4 is 10.3 Å². The molecule has 0 saturated carbocycles. The molecule has 9 heteroatoms. The Morgan fingerprint density at radius 1 is 1.19 bits per heavy atom. The van der Waals surface area contributed by atoms with E-state index < -0.39 is 17.2 Å². The van der Waals surface area contributed by atoms with Crippen molar-refractivity contribution in [3.63, 3.8) is 0 Å². The third kappa shape index (κ3) is 3.17. The lowest BCUT2D eigenvalue weighted by Gasteiger charge is -2.12. The van der Waals surface area contributed by atoms with Gasteiger partial charge in [0.05, 0.1) is 46.3 Å². The fourth-order valence-corrected chi connectivity index (χ4v) is 4.52. The monoisotopic (exact) mass is 438 g/mol. The molecule has 3 aromatic heterocycles. The Bertz CT molecular complexity index is 1520. The molecule has 0 radical (unpaired) electrons. The zero-order valence-corrected chi connectivity index (χ0v) is 17.4. The van der Waals surface area contributed by atoms with Crippen LogP contribution in [-0.4, -0.2) is 26.6 Å². The molecule has 0 unspecified atom stereocenters. The molecule has 0 saturated heterocycles. The van der Waals surface area contributed by atoms with E-state index >= 15 is 0 Å². The highest BCUT2D eigenvalue weighted by Crippen LogP contribution is 2.33. The lowest BCUT2D eigenvalue weighted by atomic mass is 10.1. The van der Waals surface area contributed by atoms with Gasteiger partial charge in [-0.05, 0) is 36.8 Å². The Labute approximate surface area is 178 Å². The molecule has 3 heterocycles. The highest BCUT2D eigenvalue weighted by atomic mass is 32.1. The van der Waals surface area contributed by atoms with E-state index in [9.17, 15) is 13.6 Å². The maximum absolute atomic E-state index is 14.3. The van der Waals surface area contributed by atoms with E-state index in [1.807, 2.05) is 29.7 Å². The standard InChI is InChI=1S/C22H16F2N4O2S/c1-11-21(31-10-25-11)22-26-16-8-13(30-2)3-6-17(16)28(22)9-12-7-18(29)27-20-14(12)4-5-15(23)19(20)24/h3-8,10H,9H2,1-2H3,(H,27,29). The molecule has 0 fully saturated rings. The van der Waals surface area contributed by atoms with Crippen LogP contribution in [0, 0.1) is 18.6 Å². The van der Waals surface area contributed by atoms with E-state index in [1.165, 1.54) is 23.5 Å². The first kappa shape index (κ1) is 19.4. The minimum atomic E-state index is -1.07. The van der Waals surface area contributed by atoms with Gasteiger partial charge in [-0.15, -0.1) is 11.3 Å². The Kier molecular flexibility index (Phi) is 4.55. The minimum absolute atomic E-state index is 0.149. The Morgan fingerprint density at radius 2 is 2.03 bits per heavy atom. The number of halogens is 2. The quantitative estimate of drug-likeness (QED) is 0.444. The van der Waals surface area contributed by atoms with Crippen molar-refractivity contribution in [2.45, 2.75) is 13.5 Å². The number of H-pyrrole nitrogens is 1. The van der Waals surface area contributed by atoms with Gasteiger partial charge in [0.25, 0.3) is 0 Å². The van der Waals surface area contributed by atoms with Crippen molar-refractivity contribution in [1.82, 2.24) is 19.5 Å². The highest BCUT2D eigenvalue weighted by Gasteiger charge is 2.19. The van der Waals surface area contributed by atoms with Crippen LogP contribution in [0.3, 0.4) is 0 Å². The number of nitrogens with zero attached hydrogens (tertiary/aromatic N) is 3. The molecule has 5 rings (SSSR count). The van der Waals surface area contributed by atoms with Crippen LogP contribution in [0.1, 0.15) is 11.3 Å². The highest BCUT2D eigenvalue weighted by molar-refractivity contribution is 7.13. The summed E-state index contributed by atoms with van der Waals surface area (Å²) in [6.45, 7) is 2.14. The van der Waals surface area contributed by atoms with Gasteiger partial charge in [0.1, 0.15) is 5.75 Å².